The van der Waals surface area contributed by atoms with Gasteiger partial charge in [-0.2, -0.15) is 0 Å². The summed E-state index contributed by atoms with van der Waals surface area (Å²) >= 11 is 0. The maximum Gasteiger partial charge on any atom is 0.251 e. The first kappa shape index (κ1) is 21.5. The Morgan fingerprint density at radius 2 is 1.57 bits per heavy atom. The van der Waals surface area contributed by atoms with Crippen LogP contribution in [0.3, 0.4) is 0 Å². The molecule has 150 valence electrons. The maximum absolute atomic E-state index is 12.9. The highest BCUT2D eigenvalue weighted by molar-refractivity contribution is 5.97. The van der Waals surface area contributed by atoms with Gasteiger partial charge in [-0.3, -0.25) is 9.59 Å². The standard InChI is InChI=1S/C23H30N2O3/c1-5-16(3)21(25-22(26)19-10-8-7-9-11-19)23(27)24-17(4)18-12-14-20(15-13-18)28-6-2/h7-17,21H,5-6H2,1-4H3,(H,24,27)(H,25,26)/t16-,17?,21-/m0/s1. The summed E-state index contributed by atoms with van der Waals surface area (Å²) in [4.78, 5) is 25.4. The molecule has 5 heteroatoms. The number of amides is 2. The van der Waals surface area contributed by atoms with Gasteiger partial charge in [0.25, 0.3) is 5.91 Å². The molecule has 2 N–H and O–H groups in total. The van der Waals surface area contributed by atoms with Crippen molar-refractivity contribution in [3.05, 3.63) is 65.7 Å². The molecule has 2 rings (SSSR count). The van der Waals surface area contributed by atoms with E-state index in [0.29, 0.717) is 12.2 Å². The fourth-order valence-corrected chi connectivity index (χ4v) is 2.92. The molecule has 0 heterocycles. The minimum absolute atomic E-state index is 0.0141. The monoisotopic (exact) mass is 382 g/mol. The van der Waals surface area contributed by atoms with Gasteiger partial charge in [-0.05, 0) is 49.6 Å². The third kappa shape index (κ3) is 5.84. The minimum Gasteiger partial charge on any atom is -0.494 e. The molecule has 0 fully saturated rings. The summed E-state index contributed by atoms with van der Waals surface area (Å²) in [5.74, 6) is 0.396. The highest BCUT2D eigenvalue weighted by Gasteiger charge is 2.27. The Kier molecular flexibility index (Phi) is 8.05. The first-order valence-electron chi connectivity index (χ1n) is 9.85. The van der Waals surface area contributed by atoms with Crippen molar-refractivity contribution in [2.24, 2.45) is 5.92 Å². The molecule has 2 amide bonds. The van der Waals surface area contributed by atoms with Gasteiger partial charge in [-0.1, -0.05) is 50.6 Å². The highest BCUT2D eigenvalue weighted by atomic mass is 16.5. The van der Waals surface area contributed by atoms with E-state index < -0.39 is 6.04 Å². The normalized spacial score (nSPS) is 13.9. The molecule has 0 aliphatic carbocycles. The van der Waals surface area contributed by atoms with Gasteiger partial charge >= 0.3 is 0 Å². The quantitative estimate of drug-likeness (QED) is 0.686. The number of benzene rings is 2. The Labute approximate surface area is 167 Å². The molecule has 0 bridgehead atoms. The predicted molar refractivity (Wildman–Crippen MR) is 111 cm³/mol. The van der Waals surface area contributed by atoms with Crippen LogP contribution in [-0.4, -0.2) is 24.5 Å². The van der Waals surface area contributed by atoms with Crippen LogP contribution in [0.1, 0.15) is 56.1 Å². The molecule has 3 atom stereocenters. The Morgan fingerprint density at radius 3 is 2.14 bits per heavy atom. The van der Waals surface area contributed by atoms with Crippen LogP contribution in [-0.2, 0) is 4.79 Å². The second kappa shape index (κ2) is 10.5. The van der Waals surface area contributed by atoms with Crippen molar-refractivity contribution < 1.29 is 14.3 Å². The van der Waals surface area contributed by atoms with E-state index in [1.165, 1.54) is 0 Å². The van der Waals surface area contributed by atoms with E-state index in [1.54, 1.807) is 24.3 Å². The van der Waals surface area contributed by atoms with E-state index in [0.717, 1.165) is 17.7 Å². The summed E-state index contributed by atoms with van der Waals surface area (Å²) in [6.45, 7) is 8.46. The molecule has 5 nitrogen and oxygen atoms in total. The molecule has 0 spiro atoms. The number of hydrogen-bond donors (Lipinski definition) is 2. The van der Waals surface area contributed by atoms with Gasteiger partial charge in [-0.25, -0.2) is 0 Å². The van der Waals surface area contributed by atoms with E-state index in [2.05, 4.69) is 10.6 Å². The number of carbonyl (C=O) groups is 2. The molecule has 0 radical (unpaired) electrons. The predicted octanol–water partition coefficient (Wildman–Crippen LogP) is 4.11. The van der Waals surface area contributed by atoms with Crippen LogP contribution >= 0.6 is 0 Å². The smallest absolute Gasteiger partial charge is 0.251 e. The van der Waals surface area contributed by atoms with Gasteiger partial charge < -0.3 is 15.4 Å². The van der Waals surface area contributed by atoms with Crippen LogP contribution < -0.4 is 15.4 Å². The van der Waals surface area contributed by atoms with E-state index in [1.807, 2.05) is 58.0 Å². The SMILES string of the molecule is CCOc1ccc(C(C)NC(=O)[C@@H](NC(=O)c2ccccc2)[C@@H](C)CC)cc1. The molecule has 2 aromatic carbocycles. The molecule has 1 unspecified atom stereocenters. The Balaban J connectivity index is 2.06. The van der Waals surface area contributed by atoms with Gasteiger partial charge in [0.15, 0.2) is 0 Å². The van der Waals surface area contributed by atoms with Crippen LogP contribution in [0.2, 0.25) is 0 Å². The maximum atomic E-state index is 12.9. The van der Waals surface area contributed by atoms with Crippen molar-refractivity contribution in [2.45, 2.75) is 46.2 Å². The van der Waals surface area contributed by atoms with Gasteiger partial charge in [-0.15, -0.1) is 0 Å². The Bertz CT molecular complexity index is 759. The van der Waals surface area contributed by atoms with E-state index in [4.69, 9.17) is 4.74 Å². The third-order valence-electron chi connectivity index (χ3n) is 4.87. The second-order valence-corrected chi connectivity index (χ2v) is 6.94. The molecule has 2 aromatic rings. The number of carbonyl (C=O) groups excluding carboxylic acids is 2. The summed E-state index contributed by atoms with van der Waals surface area (Å²) in [5, 5.41) is 5.92. The number of rotatable bonds is 9. The second-order valence-electron chi connectivity index (χ2n) is 6.94. The van der Waals surface area contributed by atoms with Gasteiger partial charge in [0.2, 0.25) is 5.91 Å². The summed E-state index contributed by atoms with van der Waals surface area (Å²) in [6.07, 6.45) is 0.782. The third-order valence-corrected chi connectivity index (χ3v) is 4.87. The van der Waals surface area contributed by atoms with Crippen molar-refractivity contribution in [1.82, 2.24) is 10.6 Å². The van der Waals surface area contributed by atoms with E-state index in [9.17, 15) is 9.59 Å². The fourth-order valence-electron chi connectivity index (χ4n) is 2.92. The lowest BCUT2D eigenvalue weighted by Gasteiger charge is -2.25. The molecule has 0 aliphatic rings. The van der Waals surface area contributed by atoms with Crippen molar-refractivity contribution in [3.8, 4) is 5.75 Å². The van der Waals surface area contributed by atoms with Crippen LogP contribution in [0, 0.1) is 5.92 Å². The van der Waals surface area contributed by atoms with Crippen LogP contribution in [0.25, 0.3) is 0 Å². The van der Waals surface area contributed by atoms with Crippen LogP contribution in [0.4, 0.5) is 0 Å². The average Bonchev–Trinajstić information content (AvgIpc) is 2.72. The molecule has 0 saturated heterocycles. The van der Waals surface area contributed by atoms with Crippen molar-refractivity contribution >= 4 is 11.8 Å². The number of hydrogen-bond acceptors (Lipinski definition) is 3. The summed E-state index contributed by atoms with van der Waals surface area (Å²) in [7, 11) is 0. The van der Waals surface area contributed by atoms with E-state index in [-0.39, 0.29) is 23.8 Å². The minimum atomic E-state index is -0.595. The number of ether oxygens (including phenoxy) is 1. The molecular formula is C23H30N2O3. The average molecular weight is 383 g/mol. The number of nitrogens with one attached hydrogen (secondary N) is 2. The molecule has 0 saturated carbocycles. The lowest BCUT2D eigenvalue weighted by Crippen LogP contribution is -2.50. The zero-order chi connectivity index (χ0) is 20.5. The molecule has 0 aliphatic heterocycles. The lowest BCUT2D eigenvalue weighted by atomic mass is 9.97. The van der Waals surface area contributed by atoms with Crippen LogP contribution in [0.15, 0.2) is 54.6 Å². The Hall–Kier alpha value is -2.82. The van der Waals surface area contributed by atoms with Gasteiger partial charge in [0, 0.05) is 5.56 Å². The summed E-state index contributed by atoms with van der Waals surface area (Å²) in [6, 6.07) is 15.8. The molecule has 28 heavy (non-hydrogen) atoms. The molecular weight excluding hydrogens is 352 g/mol. The zero-order valence-electron chi connectivity index (χ0n) is 17.1. The van der Waals surface area contributed by atoms with E-state index >= 15 is 0 Å². The topological polar surface area (TPSA) is 67.4 Å². The first-order valence-corrected chi connectivity index (χ1v) is 9.85. The fraction of sp³-hybridized carbons (Fsp3) is 0.391. The molecule has 0 aromatic heterocycles. The van der Waals surface area contributed by atoms with Crippen LogP contribution in [0.5, 0.6) is 5.75 Å². The van der Waals surface area contributed by atoms with Gasteiger partial charge in [0.05, 0.1) is 12.6 Å². The summed E-state index contributed by atoms with van der Waals surface area (Å²) < 4.78 is 5.46. The van der Waals surface area contributed by atoms with Crippen molar-refractivity contribution in [1.29, 1.82) is 0 Å². The lowest BCUT2D eigenvalue weighted by molar-refractivity contribution is -0.124. The Morgan fingerprint density at radius 1 is 0.929 bits per heavy atom. The summed E-state index contributed by atoms with van der Waals surface area (Å²) in [5.41, 5.74) is 1.53. The highest BCUT2D eigenvalue weighted by Crippen LogP contribution is 2.18. The first-order chi connectivity index (χ1) is 13.5. The van der Waals surface area contributed by atoms with Crippen molar-refractivity contribution in [3.63, 3.8) is 0 Å². The van der Waals surface area contributed by atoms with Gasteiger partial charge in [0.1, 0.15) is 11.8 Å². The zero-order valence-corrected chi connectivity index (χ0v) is 17.1. The van der Waals surface area contributed by atoms with Crippen molar-refractivity contribution in [2.75, 3.05) is 6.61 Å². The largest absolute Gasteiger partial charge is 0.494 e.